The fourth-order valence-electron chi connectivity index (χ4n) is 1.16. The molecule has 2 aromatic heterocycles. The summed E-state index contributed by atoms with van der Waals surface area (Å²) in [6.45, 7) is 0. The van der Waals surface area contributed by atoms with E-state index in [4.69, 9.17) is 5.11 Å². The number of hydrogen-bond acceptors (Lipinski definition) is 5. The molecule has 0 saturated heterocycles. The molecule has 2 rings (SSSR count). The van der Waals surface area contributed by atoms with Crippen molar-refractivity contribution in [2.45, 2.75) is 0 Å². The molecule has 6 nitrogen and oxygen atoms in total. The molecule has 2 heterocycles. The summed E-state index contributed by atoms with van der Waals surface area (Å²) in [5.41, 5.74) is 0.280. The SMILES string of the molecule is O=C(O)c1cnc(-c2cccnc2)nc1O. The lowest BCUT2D eigenvalue weighted by atomic mass is 10.2. The number of nitrogens with zero attached hydrogens (tertiary/aromatic N) is 3. The third kappa shape index (κ3) is 1.81. The van der Waals surface area contributed by atoms with Crippen LogP contribution in [0, 0.1) is 0 Å². The molecule has 80 valence electrons. The van der Waals surface area contributed by atoms with Crippen molar-refractivity contribution in [2.24, 2.45) is 0 Å². The van der Waals surface area contributed by atoms with Crippen LogP contribution < -0.4 is 0 Å². The zero-order valence-corrected chi connectivity index (χ0v) is 8.03. The first-order valence-electron chi connectivity index (χ1n) is 4.38. The number of aromatic carboxylic acids is 1. The van der Waals surface area contributed by atoms with Crippen LogP contribution in [-0.4, -0.2) is 31.1 Å². The van der Waals surface area contributed by atoms with Crippen LogP contribution in [0.5, 0.6) is 5.88 Å². The number of pyridine rings is 1. The van der Waals surface area contributed by atoms with Crippen molar-refractivity contribution in [3.05, 3.63) is 36.3 Å². The highest BCUT2D eigenvalue weighted by atomic mass is 16.4. The van der Waals surface area contributed by atoms with Crippen LogP contribution in [0.25, 0.3) is 11.4 Å². The molecule has 0 atom stereocenters. The molecule has 2 aromatic rings. The highest BCUT2D eigenvalue weighted by Crippen LogP contribution is 2.18. The Morgan fingerprint density at radius 3 is 2.69 bits per heavy atom. The Bertz CT molecular complexity index is 528. The minimum absolute atomic E-state index is 0.232. The van der Waals surface area contributed by atoms with E-state index in [0.717, 1.165) is 6.20 Å². The summed E-state index contributed by atoms with van der Waals surface area (Å²) in [5, 5.41) is 18.0. The molecule has 0 amide bonds. The van der Waals surface area contributed by atoms with Crippen molar-refractivity contribution >= 4 is 5.97 Å². The van der Waals surface area contributed by atoms with Crippen molar-refractivity contribution in [2.75, 3.05) is 0 Å². The monoisotopic (exact) mass is 217 g/mol. The van der Waals surface area contributed by atoms with Crippen LogP contribution in [0.1, 0.15) is 10.4 Å². The normalized spacial score (nSPS) is 10.0. The van der Waals surface area contributed by atoms with Gasteiger partial charge in [-0.3, -0.25) is 4.98 Å². The highest BCUT2D eigenvalue weighted by molar-refractivity contribution is 5.89. The maximum atomic E-state index is 10.6. The Morgan fingerprint density at radius 2 is 2.12 bits per heavy atom. The van der Waals surface area contributed by atoms with Crippen LogP contribution in [0.15, 0.2) is 30.7 Å². The summed E-state index contributed by atoms with van der Waals surface area (Å²) in [6.07, 6.45) is 4.18. The van der Waals surface area contributed by atoms with Crippen LogP contribution in [-0.2, 0) is 0 Å². The summed E-state index contributed by atoms with van der Waals surface area (Å²) in [7, 11) is 0. The Labute approximate surface area is 90.3 Å². The molecule has 0 spiro atoms. The van der Waals surface area contributed by atoms with Crippen LogP contribution in [0.4, 0.5) is 0 Å². The fourth-order valence-corrected chi connectivity index (χ4v) is 1.16. The van der Waals surface area contributed by atoms with Crippen LogP contribution in [0.3, 0.4) is 0 Å². The Kier molecular flexibility index (Phi) is 2.47. The van der Waals surface area contributed by atoms with E-state index < -0.39 is 11.8 Å². The van der Waals surface area contributed by atoms with Gasteiger partial charge in [-0.25, -0.2) is 9.78 Å². The molecule has 0 aliphatic rings. The van der Waals surface area contributed by atoms with E-state index in [9.17, 15) is 9.90 Å². The van der Waals surface area contributed by atoms with E-state index in [0.29, 0.717) is 5.56 Å². The Morgan fingerprint density at radius 1 is 1.31 bits per heavy atom. The van der Waals surface area contributed by atoms with Gasteiger partial charge in [-0.15, -0.1) is 0 Å². The molecule has 0 bridgehead atoms. The van der Waals surface area contributed by atoms with E-state index in [1.165, 1.54) is 6.20 Å². The summed E-state index contributed by atoms with van der Waals surface area (Å²) in [5.74, 6) is -1.59. The van der Waals surface area contributed by atoms with Crippen LogP contribution in [0.2, 0.25) is 0 Å². The number of aromatic hydroxyl groups is 1. The zero-order valence-electron chi connectivity index (χ0n) is 8.03. The maximum absolute atomic E-state index is 10.6. The van der Waals surface area contributed by atoms with Gasteiger partial charge in [0.1, 0.15) is 5.56 Å². The van der Waals surface area contributed by atoms with Crippen molar-refractivity contribution < 1.29 is 15.0 Å². The lowest BCUT2D eigenvalue weighted by molar-refractivity contribution is 0.0692. The summed E-state index contributed by atoms with van der Waals surface area (Å²) >= 11 is 0. The van der Waals surface area contributed by atoms with Gasteiger partial charge in [0.25, 0.3) is 0 Å². The first-order chi connectivity index (χ1) is 7.68. The molecule has 0 radical (unpaired) electrons. The van der Waals surface area contributed by atoms with E-state index in [-0.39, 0.29) is 11.4 Å². The number of carbonyl (C=O) groups is 1. The lowest BCUT2D eigenvalue weighted by Gasteiger charge is -2.01. The average Bonchev–Trinajstić information content (AvgIpc) is 2.29. The Hall–Kier alpha value is -2.50. The summed E-state index contributed by atoms with van der Waals surface area (Å²) in [6, 6.07) is 3.41. The predicted octanol–water partition coefficient (Wildman–Crippen LogP) is 0.942. The first kappa shape index (κ1) is 10.0. The topological polar surface area (TPSA) is 96.2 Å². The standard InChI is InChI=1S/C10H7N3O3/c14-9-7(10(15)16)5-12-8(13-9)6-2-1-3-11-4-6/h1-5H,(H,15,16)(H,12,13,14). The molecule has 0 aromatic carbocycles. The Balaban J connectivity index is 2.46. The van der Waals surface area contributed by atoms with Crippen LogP contribution >= 0.6 is 0 Å². The van der Waals surface area contributed by atoms with Gasteiger partial charge in [0.05, 0.1) is 0 Å². The molecular formula is C10H7N3O3. The van der Waals surface area contributed by atoms with E-state index >= 15 is 0 Å². The van der Waals surface area contributed by atoms with Gasteiger partial charge in [0, 0.05) is 24.2 Å². The fraction of sp³-hybridized carbons (Fsp3) is 0. The van der Waals surface area contributed by atoms with Gasteiger partial charge in [-0.05, 0) is 12.1 Å². The molecule has 2 N–H and O–H groups in total. The van der Waals surface area contributed by atoms with Gasteiger partial charge in [-0.2, -0.15) is 4.98 Å². The van der Waals surface area contributed by atoms with E-state index in [1.54, 1.807) is 18.3 Å². The zero-order chi connectivity index (χ0) is 11.5. The first-order valence-corrected chi connectivity index (χ1v) is 4.38. The largest absolute Gasteiger partial charge is 0.493 e. The van der Waals surface area contributed by atoms with Gasteiger partial charge in [0.2, 0.25) is 5.88 Å². The number of rotatable bonds is 2. The third-order valence-corrected chi connectivity index (χ3v) is 1.92. The molecule has 0 aliphatic carbocycles. The number of aromatic nitrogens is 3. The quantitative estimate of drug-likeness (QED) is 0.777. The highest BCUT2D eigenvalue weighted by Gasteiger charge is 2.13. The lowest BCUT2D eigenvalue weighted by Crippen LogP contribution is -2.01. The second-order valence-corrected chi connectivity index (χ2v) is 2.98. The number of carboxylic acid groups (broad SMARTS) is 1. The van der Waals surface area contributed by atoms with Gasteiger partial charge >= 0.3 is 5.97 Å². The molecular weight excluding hydrogens is 210 g/mol. The third-order valence-electron chi connectivity index (χ3n) is 1.92. The molecule has 16 heavy (non-hydrogen) atoms. The number of hydrogen-bond donors (Lipinski definition) is 2. The minimum atomic E-state index is -1.27. The second-order valence-electron chi connectivity index (χ2n) is 2.98. The van der Waals surface area contributed by atoms with Gasteiger partial charge in [0.15, 0.2) is 5.82 Å². The maximum Gasteiger partial charge on any atom is 0.342 e. The van der Waals surface area contributed by atoms with E-state index in [2.05, 4.69) is 15.0 Å². The minimum Gasteiger partial charge on any atom is -0.493 e. The van der Waals surface area contributed by atoms with Gasteiger partial charge in [-0.1, -0.05) is 0 Å². The van der Waals surface area contributed by atoms with Crippen molar-refractivity contribution in [1.29, 1.82) is 0 Å². The van der Waals surface area contributed by atoms with Crippen molar-refractivity contribution in [3.63, 3.8) is 0 Å². The van der Waals surface area contributed by atoms with Crippen molar-refractivity contribution in [1.82, 2.24) is 15.0 Å². The number of carboxylic acids is 1. The smallest absolute Gasteiger partial charge is 0.342 e. The summed E-state index contributed by atoms with van der Waals surface area (Å²) in [4.78, 5) is 22.0. The molecule has 0 unspecified atom stereocenters. The molecule has 6 heteroatoms. The average molecular weight is 217 g/mol. The molecule has 0 saturated carbocycles. The molecule has 0 aliphatic heterocycles. The second kappa shape index (κ2) is 3.93. The van der Waals surface area contributed by atoms with Crippen molar-refractivity contribution in [3.8, 4) is 17.3 Å². The van der Waals surface area contributed by atoms with E-state index in [1.807, 2.05) is 0 Å². The molecule has 0 fully saturated rings. The summed E-state index contributed by atoms with van der Waals surface area (Å²) < 4.78 is 0. The predicted molar refractivity (Wildman–Crippen MR) is 53.9 cm³/mol. The van der Waals surface area contributed by atoms with Gasteiger partial charge < -0.3 is 10.2 Å².